The lowest BCUT2D eigenvalue weighted by Crippen LogP contribution is -2.42. The lowest BCUT2D eigenvalue weighted by Gasteiger charge is -2.26. The van der Waals surface area contributed by atoms with Gasteiger partial charge in [-0.3, -0.25) is 9.59 Å². The van der Waals surface area contributed by atoms with Crippen molar-refractivity contribution in [3.63, 3.8) is 0 Å². The van der Waals surface area contributed by atoms with Crippen LogP contribution in [-0.2, 0) is 15.0 Å². The first-order valence-electron chi connectivity index (χ1n) is 7.45. The molecule has 128 valence electrons. The summed E-state index contributed by atoms with van der Waals surface area (Å²) >= 11 is 0. The predicted molar refractivity (Wildman–Crippen MR) is 87.0 cm³/mol. The fourth-order valence-electron chi connectivity index (χ4n) is 2.21. The van der Waals surface area contributed by atoms with E-state index < -0.39 is 11.4 Å². The summed E-state index contributed by atoms with van der Waals surface area (Å²) in [5.74, 6) is -0.00169. The lowest BCUT2D eigenvalue weighted by atomic mass is 9.83. The van der Waals surface area contributed by atoms with Gasteiger partial charge in [0.25, 0.3) is 0 Å². The summed E-state index contributed by atoms with van der Waals surface area (Å²) in [4.78, 5) is 23.1. The van der Waals surface area contributed by atoms with E-state index in [-0.39, 0.29) is 18.2 Å². The first-order chi connectivity index (χ1) is 10.7. The average Bonchev–Trinajstić information content (AvgIpc) is 2.50. The molecule has 6 nitrogen and oxygen atoms in total. The van der Waals surface area contributed by atoms with Gasteiger partial charge in [0.15, 0.2) is 11.5 Å². The van der Waals surface area contributed by atoms with Crippen molar-refractivity contribution < 1.29 is 24.2 Å². The Morgan fingerprint density at radius 1 is 1.22 bits per heavy atom. The van der Waals surface area contributed by atoms with Crippen LogP contribution in [0.4, 0.5) is 0 Å². The zero-order valence-electron chi connectivity index (χ0n) is 14.3. The molecule has 1 unspecified atom stereocenters. The molecule has 2 N–H and O–H groups in total. The van der Waals surface area contributed by atoms with Crippen molar-refractivity contribution in [1.82, 2.24) is 5.32 Å². The normalized spacial score (nSPS) is 12.4. The molecule has 0 aliphatic rings. The summed E-state index contributed by atoms with van der Waals surface area (Å²) < 4.78 is 10.5. The number of ether oxygens (including phenoxy) is 2. The minimum atomic E-state index is -0.870. The fraction of sp³-hybridized carbons (Fsp3) is 0.529. The molecule has 23 heavy (non-hydrogen) atoms. The maximum absolute atomic E-state index is 12.5. The first-order valence-corrected chi connectivity index (χ1v) is 7.45. The zero-order chi connectivity index (χ0) is 17.6. The van der Waals surface area contributed by atoms with Crippen LogP contribution in [0.1, 0.15) is 32.8 Å². The highest BCUT2D eigenvalue weighted by Crippen LogP contribution is 2.33. The van der Waals surface area contributed by atoms with Crippen LogP contribution < -0.4 is 14.8 Å². The van der Waals surface area contributed by atoms with Crippen LogP contribution in [0, 0.1) is 5.92 Å². The number of rotatable bonds is 8. The van der Waals surface area contributed by atoms with E-state index in [2.05, 4.69) is 5.32 Å². The quantitative estimate of drug-likeness (QED) is 0.766. The van der Waals surface area contributed by atoms with Crippen LogP contribution in [0.25, 0.3) is 0 Å². The number of amides is 1. The van der Waals surface area contributed by atoms with Crippen LogP contribution >= 0.6 is 0 Å². The molecule has 0 fully saturated rings. The molecule has 0 bridgehead atoms. The molecule has 0 radical (unpaired) electrons. The Morgan fingerprint density at radius 3 is 2.35 bits per heavy atom. The number of nitrogens with one attached hydrogen (secondary N) is 1. The molecule has 0 heterocycles. The van der Waals surface area contributed by atoms with Crippen molar-refractivity contribution in [1.29, 1.82) is 0 Å². The molecule has 0 aliphatic heterocycles. The molecule has 1 aromatic rings. The van der Waals surface area contributed by atoms with E-state index in [1.54, 1.807) is 33.3 Å². The smallest absolute Gasteiger partial charge is 0.303 e. The number of hydrogen-bond acceptors (Lipinski definition) is 4. The van der Waals surface area contributed by atoms with Gasteiger partial charge in [-0.2, -0.15) is 0 Å². The van der Waals surface area contributed by atoms with Crippen LogP contribution in [0.3, 0.4) is 0 Å². The summed E-state index contributed by atoms with van der Waals surface area (Å²) in [6.45, 7) is 5.73. The van der Waals surface area contributed by atoms with E-state index >= 15 is 0 Å². The summed E-state index contributed by atoms with van der Waals surface area (Å²) in [5, 5.41) is 11.6. The van der Waals surface area contributed by atoms with E-state index in [0.717, 1.165) is 5.56 Å². The second-order valence-corrected chi connectivity index (χ2v) is 6.11. The SMILES string of the molecule is COc1ccc(C(C)(C)C(=O)NCC(C)CC(=O)O)cc1OC. The molecule has 0 aliphatic carbocycles. The second kappa shape index (κ2) is 7.85. The van der Waals surface area contributed by atoms with Crippen LogP contribution in [0.2, 0.25) is 0 Å². The van der Waals surface area contributed by atoms with Gasteiger partial charge in [0, 0.05) is 13.0 Å². The Balaban J connectivity index is 2.84. The molecule has 0 aromatic heterocycles. The maximum atomic E-state index is 12.5. The summed E-state index contributed by atoms with van der Waals surface area (Å²) in [7, 11) is 3.10. The molecule has 0 spiro atoms. The van der Waals surface area contributed by atoms with Gasteiger partial charge in [0.05, 0.1) is 19.6 Å². The van der Waals surface area contributed by atoms with Crippen LogP contribution in [-0.4, -0.2) is 37.7 Å². The Kier molecular flexibility index (Phi) is 6.42. The van der Waals surface area contributed by atoms with Crippen LogP contribution in [0.15, 0.2) is 18.2 Å². The largest absolute Gasteiger partial charge is 0.493 e. The molecule has 1 rings (SSSR count). The topological polar surface area (TPSA) is 84.9 Å². The number of carbonyl (C=O) groups excluding carboxylic acids is 1. The third kappa shape index (κ3) is 4.87. The Hall–Kier alpha value is -2.24. The van der Waals surface area contributed by atoms with Gasteiger partial charge in [-0.15, -0.1) is 0 Å². The van der Waals surface area contributed by atoms with Gasteiger partial charge in [0.1, 0.15) is 0 Å². The number of benzene rings is 1. The van der Waals surface area contributed by atoms with Gasteiger partial charge in [0.2, 0.25) is 5.91 Å². The van der Waals surface area contributed by atoms with Crippen LogP contribution in [0.5, 0.6) is 11.5 Å². The van der Waals surface area contributed by atoms with E-state index in [4.69, 9.17) is 14.6 Å². The molecular weight excluding hydrogens is 298 g/mol. The molecule has 1 atom stereocenters. The van der Waals surface area contributed by atoms with Crippen molar-refractivity contribution in [2.45, 2.75) is 32.6 Å². The molecule has 6 heteroatoms. The maximum Gasteiger partial charge on any atom is 0.303 e. The molecule has 0 saturated heterocycles. The van der Waals surface area contributed by atoms with Gasteiger partial charge in [-0.25, -0.2) is 0 Å². The van der Waals surface area contributed by atoms with E-state index in [1.165, 1.54) is 0 Å². The average molecular weight is 323 g/mol. The van der Waals surface area contributed by atoms with Gasteiger partial charge in [-0.05, 0) is 37.5 Å². The minimum absolute atomic E-state index is 0.0249. The van der Waals surface area contributed by atoms with E-state index in [9.17, 15) is 9.59 Å². The number of carboxylic acids is 1. The van der Waals surface area contributed by atoms with Crippen molar-refractivity contribution in [2.75, 3.05) is 20.8 Å². The van der Waals surface area contributed by atoms with Crippen molar-refractivity contribution in [3.8, 4) is 11.5 Å². The highest BCUT2D eigenvalue weighted by molar-refractivity contribution is 5.87. The monoisotopic (exact) mass is 323 g/mol. The highest BCUT2D eigenvalue weighted by Gasteiger charge is 2.30. The Bertz CT molecular complexity index is 568. The number of hydrogen-bond donors (Lipinski definition) is 2. The number of carboxylic acid groups (broad SMARTS) is 1. The number of carbonyl (C=O) groups is 2. The molecular formula is C17H25NO5. The van der Waals surface area contributed by atoms with Crippen molar-refractivity contribution in [2.24, 2.45) is 5.92 Å². The Morgan fingerprint density at radius 2 is 1.83 bits per heavy atom. The number of methoxy groups -OCH3 is 2. The van der Waals surface area contributed by atoms with Gasteiger partial charge in [-0.1, -0.05) is 13.0 Å². The zero-order valence-corrected chi connectivity index (χ0v) is 14.3. The van der Waals surface area contributed by atoms with Crippen molar-refractivity contribution >= 4 is 11.9 Å². The summed E-state index contributed by atoms with van der Waals surface area (Å²) in [5.41, 5.74) is 0.0150. The van der Waals surface area contributed by atoms with Crippen molar-refractivity contribution in [3.05, 3.63) is 23.8 Å². The second-order valence-electron chi connectivity index (χ2n) is 6.11. The summed E-state index contributed by atoms with van der Waals surface area (Å²) in [6, 6.07) is 5.36. The minimum Gasteiger partial charge on any atom is -0.493 e. The summed E-state index contributed by atoms with van der Waals surface area (Å²) in [6.07, 6.45) is 0.0249. The standard InChI is InChI=1S/C17H25NO5/c1-11(8-15(19)20)10-18-16(21)17(2,3)12-6-7-13(22-4)14(9-12)23-5/h6-7,9,11H,8,10H2,1-5H3,(H,18,21)(H,19,20). The first kappa shape index (κ1) is 18.8. The predicted octanol–water partition coefficient (Wildman–Crippen LogP) is 2.21. The van der Waals surface area contributed by atoms with Gasteiger partial charge < -0.3 is 19.9 Å². The van der Waals surface area contributed by atoms with Gasteiger partial charge >= 0.3 is 5.97 Å². The molecule has 1 amide bonds. The van der Waals surface area contributed by atoms with E-state index in [1.807, 2.05) is 19.9 Å². The van der Waals surface area contributed by atoms with E-state index in [0.29, 0.717) is 18.0 Å². The fourth-order valence-corrected chi connectivity index (χ4v) is 2.21. The molecule has 1 aromatic carbocycles. The third-order valence-electron chi connectivity index (χ3n) is 3.81. The molecule has 0 saturated carbocycles. The lowest BCUT2D eigenvalue weighted by molar-refractivity contribution is -0.138. The third-order valence-corrected chi connectivity index (χ3v) is 3.81. The Labute approximate surface area is 136 Å². The number of aliphatic carboxylic acids is 1. The highest BCUT2D eigenvalue weighted by atomic mass is 16.5.